The van der Waals surface area contributed by atoms with Crippen molar-refractivity contribution in [1.82, 2.24) is 10.6 Å². The Morgan fingerprint density at radius 3 is 2.37 bits per heavy atom. The SMILES string of the molecule is CCNC(=O)c1cccc(CNC(=O)[C@@](N)(c2ccccc2OCC)C(F)(F)F)c1. The average Bonchev–Trinajstić information content (AvgIpc) is 2.71. The second-order valence-corrected chi connectivity index (χ2v) is 6.48. The fraction of sp³-hybridized carbons (Fsp3) is 0.333. The molecule has 2 aromatic rings. The Bertz CT molecular complexity index is 902. The summed E-state index contributed by atoms with van der Waals surface area (Å²) in [4.78, 5) is 24.6. The first-order valence-corrected chi connectivity index (χ1v) is 9.38. The molecule has 9 heteroatoms. The zero-order valence-electron chi connectivity index (χ0n) is 16.7. The predicted octanol–water partition coefficient (Wildman–Crippen LogP) is 2.87. The molecule has 2 rings (SSSR count). The van der Waals surface area contributed by atoms with E-state index >= 15 is 0 Å². The number of benzene rings is 2. The maximum atomic E-state index is 13.9. The smallest absolute Gasteiger partial charge is 0.419 e. The van der Waals surface area contributed by atoms with Gasteiger partial charge in [0, 0.05) is 24.2 Å². The second-order valence-electron chi connectivity index (χ2n) is 6.48. The molecule has 0 spiro atoms. The van der Waals surface area contributed by atoms with Crippen LogP contribution < -0.4 is 21.1 Å². The lowest BCUT2D eigenvalue weighted by Gasteiger charge is -2.32. The molecule has 0 aliphatic rings. The van der Waals surface area contributed by atoms with Gasteiger partial charge in [-0.3, -0.25) is 9.59 Å². The Hall–Kier alpha value is -3.07. The molecular formula is C21H24F3N3O3. The van der Waals surface area contributed by atoms with E-state index in [0.29, 0.717) is 17.7 Å². The molecule has 0 unspecified atom stereocenters. The molecule has 162 valence electrons. The van der Waals surface area contributed by atoms with Crippen LogP contribution in [0.25, 0.3) is 0 Å². The summed E-state index contributed by atoms with van der Waals surface area (Å²) >= 11 is 0. The van der Waals surface area contributed by atoms with Crippen LogP contribution >= 0.6 is 0 Å². The van der Waals surface area contributed by atoms with Crippen molar-refractivity contribution in [2.45, 2.75) is 32.1 Å². The predicted molar refractivity (Wildman–Crippen MR) is 106 cm³/mol. The van der Waals surface area contributed by atoms with E-state index in [9.17, 15) is 22.8 Å². The Balaban J connectivity index is 2.30. The largest absolute Gasteiger partial charge is 0.494 e. The Morgan fingerprint density at radius 1 is 1.03 bits per heavy atom. The molecule has 0 aromatic heterocycles. The summed E-state index contributed by atoms with van der Waals surface area (Å²) in [7, 11) is 0. The number of para-hydroxylation sites is 1. The normalized spacial score (nSPS) is 13.3. The van der Waals surface area contributed by atoms with Gasteiger partial charge in [0.15, 0.2) is 0 Å². The number of halogens is 3. The lowest BCUT2D eigenvalue weighted by molar-refractivity contribution is -0.194. The standard InChI is InChI=1S/C21H24F3N3O3/c1-3-26-18(28)15-9-7-8-14(12-15)13-27-19(29)20(25,21(22,23)24)16-10-5-6-11-17(16)30-4-2/h5-12H,3-4,13,25H2,1-2H3,(H,26,28)(H,27,29)/t20-/m0/s1. The highest BCUT2D eigenvalue weighted by Gasteiger charge is 2.60. The van der Waals surface area contributed by atoms with Gasteiger partial charge in [0.25, 0.3) is 11.8 Å². The highest BCUT2D eigenvalue weighted by atomic mass is 19.4. The molecule has 0 bridgehead atoms. The van der Waals surface area contributed by atoms with Crippen molar-refractivity contribution in [2.75, 3.05) is 13.2 Å². The van der Waals surface area contributed by atoms with E-state index in [4.69, 9.17) is 10.5 Å². The van der Waals surface area contributed by atoms with Gasteiger partial charge in [0.2, 0.25) is 5.54 Å². The van der Waals surface area contributed by atoms with Gasteiger partial charge in [-0.2, -0.15) is 13.2 Å². The number of nitrogens with two attached hydrogens (primary N) is 1. The highest BCUT2D eigenvalue weighted by molar-refractivity contribution is 5.94. The molecule has 0 fully saturated rings. The maximum Gasteiger partial charge on any atom is 0.419 e. The van der Waals surface area contributed by atoms with Gasteiger partial charge in [-0.1, -0.05) is 30.3 Å². The van der Waals surface area contributed by atoms with E-state index in [1.165, 1.54) is 24.3 Å². The fourth-order valence-electron chi connectivity index (χ4n) is 2.88. The van der Waals surface area contributed by atoms with Crippen molar-refractivity contribution < 1.29 is 27.5 Å². The number of rotatable bonds is 8. The van der Waals surface area contributed by atoms with Crippen LogP contribution in [0.5, 0.6) is 5.75 Å². The lowest BCUT2D eigenvalue weighted by atomic mass is 9.88. The molecule has 6 nitrogen and oxygen atoms in total. The van der Waals surface area contributed by atoms with E-state index in [1.54, 1.807) is 32.0 Å². The van der Waals surface area contributed by atoms with Gasteiger partial charge in [-0.05, 0) is 37.6 Å². The van der Waals surface area contributed by atoms with E-state index in [1.807, 2.05) is 0 Å². The van der Waals surface area contributed by atoms with Crippen LogP contribution in [0.15, 0.2) is 48.5 Å². The molecule has 0 heterocycles. The van der Waals surface area contributed by atoms with Crippen LogP contribution in [-0.2, 0) is 16.9 Å². The molecule has 30 heavy (non-hydrogen) atoms. The second kappa shape index (κ2) is 9.62. The Morgan fingerprint density at radius 2 is 1.73 bits per heavy atom. The van der Waals surface area contributed by atoms with Crippen LogP contribution in [0.2, 0.25) is 0 Å². The first-order valence-electron chi connectivity index (χ1n) is 9.38. The van der Waals surface area contributed by atoms with Crippen molar-refractivity contribution in [1.29, 1.82) is 0 Å². The number of nitrogens with one attached hydrogen (secondary N) is 2. The summed E-state index contributed by atoms with van der Waals surface area (Å²) in [5.41, 5.74) is 2.67. The quantitative estimate of drug-likeness (QED) is 0.609. The van der Waals surface area contributed by atoms with Crippen molar-refractivity contribution in [3.05, 3.63) is 65.2 Å². The van der Waals surface area contributed by atoms with Gasteiger partial charge in [-0.25, -0.2) is 0 Å². The minimum atomic E-state index is -5.08. The molecule has 0 saturated carbocycles. The van der Waals surface area contributed by atoms with E-state index in [2.05, 4.69) is 10.6 Å². The maximum absolute atomic E-state index is 13.9. The molecule has 4 N–H and O–H groups in total. The molecule has 0 aliphatic carbocycles. The summed E-state index contributed by atoms with van der Waals surface area (Å²) in [5.74, 6) is -1.86. The summed E-state index contributed by atoms with van der Waals surface area (Å²) in [6, 6.07) is 11.5. The Labute approximate surface area is 172 Å². The van der Waals surface area contributed by atoms with Crippen LogP contribution in [0.3, 0.4) is 0 Å². The molecule has 0 saturated heterocycles. The van der Waals surface area contributed by atoms with Crippen molar-refractivity contribution >= 4 is 11.8 Å². The third-order valence-electron chi connectivity index (χ3n) is 4.40. The van der Waals surface area contributed by atoms with Crippen molar-refractivity contribution in [3.8, 4) is 5.75 Å². The first kappa shape index (κ1) is 23.2. The molecule has 0 aliphatic heterocycles. The zero-order valence-corrected chi connectivity index (χ0v) is 16.7. The van der Waals surface area contributed by atoms with E-state index in [0.717, 1.165) is 6.07 Å². The molecular weight excluding hydrogens is 399 g/mol. The zero-order chi connectivity index (χ0) is 22.4. The minimum absolute atomic E-state index is 0.110. The first-order chi connectivity index (χ1) is 14.1. The highest BCUT2D eigenvalue weighted by Crippen LogP contribution is 2.41. The van der Waals surface area contributed by atoms with E-state index < -0.39 is 23.2 Å². The molecule has 0 radical (unpaired) electrons. The van der Waals surface area contributed by atoms with Crippen LogP contribution in [0.4, 0.5) is 13.2 Å². The van der Waals surface area contributed by atoms with Crippen molar-refractivity contribution in [2.24, 2.45) is 5.73 Å². The number of hydrogen-bond acceptors (Lipinski definition) is 4. The number of carbonyl (C=O) groups is 2. The summed E-state index contributed by atoms with van der Waals surface area (Å²) in [6.45, 7) is 3.68. The summed E-state index contributed by atoms with van der Waals surface area (Å²) < 4.78 is 47.1. The lowest BCUT2D eigenvalue weighted by Crippen LogP contribution is -2.60. The van der Waals surface area contributed by atoms with Gasteiger partial charge in [-0.15, -0.1) is 0 Å². The van der Waals surface area contributed by atoms with Gasteiger partial charge >= 0.3 is 6.18 Å². The third-order valence-corrected chi connectivity index (χ3v) is 4.40. The number of alkyl halides is 3. The number of amides is 2. The van der Waals surface area contributed by atoms with Gasteiger partial charge in [0.05, 0.1) is 6.61 Å². The fourth-order valence-corrected chi connectivity index (χ4v) is 2.88. The third kappa shape index (κ3) is 4.91. The van der Waals surface area contributed by atoms with Gasteiger partial charge < -0.3 is 21.1 Å². The van der Waals surface area contributed by atoms with Crippen LogP contribution in [0.1, 0.15) is 35.3 Å². The summed E-state index contributed by atoms with van der Waals surface area (Å²) in [5, 5.41) is 4.87. The van der Waals surface area contributed by atoms with E-state index in [-0.39, 0.29) is 24.8 Å². The monoisotopic (exact) mass is 423 g/mol. The number of hydrogen-bond donors (Lipinski definition) is 3. The van der Waals surface area contributed by atoms with Crippen LogP contribution in [-0.4, -0.2) is 31.1 Å². The Kier molecular flexibility index (Phi) is 7.44. The van der Waals surface area contributed by atoms with Gasteiger partial charge in [0.1, 0.15) is 5.75 Å². The molecule has 1 atom stereocenters. The molecule has 2 amide bonds. The van der Waals surface area contributed by atoms with Crippen molar-refractivity contribution in [3.63, 3.8) is 0 Å². The topological polar surface area (TPSA) is 93.5 Å². The van der Waals surface area contributed by atoms with Crippen LogP contribution in [0, 0.1) is 0 Å². The summed E-state index contributed by atoms with van der Waals surface area (Å²) in [6.07, 6.45) is -5.08. The molecule has 2 aromatic carbocycles. The number of ether oxygens (including phenoxy) is 1. The number of carbonyl (C=O) groups excluding carboxylic acids is 2. The minimum Gasteiger partial charge on any atom is -0.494 e. The average molecular weight is 423 g/mol.